The van der Waals surface area contributed by atoms with E-state index in [4.69, 9.17) is 11.4 Å². The topological polar surface area (TPSA) is 29.4 Å². The van der Waals surface area contributed by atoms with E-state index in [0.717, 1.165) is 35.2 Å². The Kier molecular flexibility index (Phi) is 5.17. The largest absolute Gasteiger partial charge is 0.293 e. The molecule has 3 aromatic rings. The van der Waals surface area contributed by atoms with Gasteiger partial charge in [0.1, 0.15) is 0 Å². The predicted molar refractivity (Wildman–Crippen MR) is 114 cm³/mol. The summed E-state index contributed by atoms with van der Waals surface area (Å²) in [5, 5.41) is 0. The van der Waals surface area contributed by atoms with Crippen LogP contribution in [-0.4, -0.2) is 17.5 Å². The van der Waals surface area contributed by atoms with Gasteiger partial charge in [0.15, 0.2) is 5.78 Å². The van der Waals surface area contributed by atoms with Gasteiger partial charge in [0.25, 0.3) is 0 Å². The van der Waals surface area contributed by atoms with Crippen LogP contribution in [0.15, 0.2) is 89.9 Å². The number of aliphatic imine (C=N–C) groups is 1. The molecular formula is C26H21NO. The maximum absolute atomic E-state index is 13.5. The summed E-state index contributed by atoms with van der Waals surface area (Å²) in [6.45, 7) is 0. The van der Waals surface area contributed by atoms with Gasteiger partial charge in [-0.15, -0.1) is 6.42 Å². The number of carbonyl (C=O) groups is 1. The molecular weight excluding hydrogens is 342 g/mol. The lowest BCUT2D eigenvalue weighted by molar-refractivity contribution is 0.0947. The molecule has 0 aliphatic carbocycles. The summed E-state index contributed by atoms with van der Waals surface area (Å²) in [4.78, 5) is 18.4. The van der Waals surface area contributed by atoms with Gasteiger partial charge in [-0.05, 0) is 36.1 Å². The fourth-order valence-corrected chi connectivity index (χ4v) is 3.82. The Morgan fingerprint density at radius 3 is 2.21 bits per heavy atom. The highest BCUT2D eigenvalue weighted by atomic mass is 16.1. The third-order valence-electron chi connectivity index (χ3n) is 5.27. The third-order valence-corrected chi connectivity index (χ3v) is 5.27. The molecule has 1 unspecified atom stereocenters. The molecule has 2 atom stereocenters. The lowest BCUT2D eigenvalue weighted by Crippen LogP contribution is -2.24. The number of Topliss-reactive ketones (excluding diaryl/α,β-unsaturated/α-hetero) is 1. The standard InChI is InChI=1S/C26H21NO/c1-2-19-13-15-22(16-14-19)26(28)25(21-11-7-4-8-12-21)24-18-17-23(27-24)20-9-5-3-6-10-20/h1,3-16,24-25H,17-18H2/t24?,25-/m1/s1. The van der Waals surface area contributed by atoms with Crippen molar-refractivity contribution in [2.45, 2.75) is 24.8 Å². The van der Waals surface area contributed by atoms with Crippen LogP contribution in [0.1, 0.15) is 45.8 Å². The maximum Gasteiger partial charge on any atom is 0.172 e. The van der Waals surface area contributed by atoms with Crippen molar-refractivity contribution in [1.29, 1.82) is 0 Å². The number of carbonyl (C=O) groups excluding carboxylic acids is 1. The number of benzene rings is 3. The minimum Gasteiger partial charge on any atom is -0.293 e. The van der Waals surface area contributed by atoms with Gasteiger partial charge in [0.05, 0.1) is 12.0 Å². The number of nitrogens with zero attached hydrogens (tertiary/aromatic N) is 1. The first-order chi connectivity index (χ1) is 13.8. The molecule has 2 nitrogen and oxygen atoms in total. The van der Waals surface area contributed by atoms with Crippen molar-refractivity contribution >= 4 is 11.5 Å². The Bertz CT molecular complexity index is 1030. The lowest BCUT2D eigenvalue weighted by atomic mass is 9.84. The van der Waals surface area contributed by atoms with Crippen LogP contribution in [0, 0.1) is 12.3 Å². The van der Waals surface area contributed by atoms with E-state index in [2.05, 4.69) is 18.1 Å². The molecule has 1 aliphatic heterocycles. The molecule has 0 bridgehead atoms. The second-order valence-electron chi connectivity index (χ2n) is 7.02. The van der Waals surface area contributed by atoms with Crippen LogP contribution in [0.4, 0.5) is 0 Å². The van der Waals surface area contributed by atoms with E-state index in [1.54, 1.807) is 0 Å². The van der Waals surface area contributed by atoms with Gasteiger partial charge in [-0.2, -0.15) is 0 Å². The van der Waals surface area contributed by atoms with Crippen LogP contribution in [0.25, 0.3) is 0 Å². The van der Waals surface area contributed by atoms with Gasteiger partial charge in [0, 0.05) is 16.8 Å². The average molecular weight is 363 g/mol. The van der Waals surface area contributed by atoms with Crippen molar-refractivity contribution in [3.8, 4) is 12.3 Å². The lowest BCUT2D eigenvalue weighted by Gasteiger charge is -2.21. The highest BCUT2D eigenvalue weighted by Crippen LogP contribution is 2.33. The quantitative estimate of drug-likeness (QED) is 0.447. The maximum atomic E-state index is 13.5. The molecule has 1 aliphatic rings. The van der Waals surface area contributed by atoms with Crippen molar-refractivity contribution < 1.29 is 4.79 Å². The Morgan fingerprint density at radius 2 is 1.57 bits per heavy atom. The molecule has 0 fully saturated rings. The molecule has 0 saturated carbocycles. The number of hydrogen-bond donors (Lipinski definition) is 0. The van der Waals surface area contributed by atoms with Crippen LogP contribution in [0.2, 0.25) is 0 Å². The molecule has 0 N–H and O–H groups in total. The zero-order valence-electron chi connectivity index (χ0n) is 15.6. The van der Waals surface area contributed by atoms with Gasteiger partial charge >= 0.3 is 0 Å². The molecule has 0 radical (unpaired) electrons. The van der Waals surface area contributed by atoms with E-state index >= 15 is 0 Å². The molecule has 0 spiro atoms. The Labute approximate surface area is 166 Å². The first kappa shape index (κ1) is 17.9. The van der Waals surface area contributed by atoms with Crippen molar-refractivity contribution in [2.75, 3.05) is 0 Å². The van der Waals surface area contributed by atoms with E-state index in [9.17, 15) is 4.79 Å². The minimum absolute atomic E-state index is 0.0579. The molecule has 3 aromatic carbocycles. The highest BCUT2D eigenvalue weighted by Gasteiger charge is 2.33. The molecule has 1 heterocycles. The highest BCUT2D eigenvalue weighted by molar-refractivity contribution is 6.04. The van der Waals surface area contributed by atoms with E-state index in [0.29, 0.717) is 5.56 Å². The Hall–Kier alpha value is -3.44. The third kappa shape index (κ3) is 3.66. The second-order valence-corrected chi connectivity index (χ2v) is 7.02. The predicted octanol–water partition coefficient (Wildman–Crippen LogP) is 5.29. The van der Waals surface area contributed by atoms with Gasteiger partial charge < -0.3 is 0 Å². The van der Waals surface area contributed by atoms with E-state index in [-0.39, 0.29) is 17.7 Å². The van der Waals surface area contributed by atoms with Gasteiger partial charge in [0.2, 0.25) is 0 Å². The van der Waals surface area contributed by atoms with Crippen molar-refractivity contribution in [2.24, 2.45) is 4.99 Å². The second kappa shape index (κ2) is 8.06. The van der Waals surface area contributed by atoms with Crippen LogP contribution >= 0.6 is 0 Å². The summed E-state index contributed by atoms with van der Waals surface area (Å²) in [5.41, 5.74) is 4.69. The van der Waals surface area contributed by atoms with Gasteiger partial charge in [-0.25, -0.2) is 0 Å². The zero-order chi connectivity index (χ0) is 19.3. The average Bonchev–Trinajstić information content (AvgIpc) is 3.25. The molecule has 0 aromatic heterocycles. The van der Waals surface area contributed by atoms with E-state index in [1.165, 1.54) is 0 Å². The van der Waals surface area contributed by atoms with Crippen molar-refractivity contribution in [3.63, 3.8) is 0 Å². The van der Waals surface area contributed by atoms with Crippen LogP contribution in [-0.2, 0) is 0 Å². The monoisotopic (exact) mass is 363 g/mol. The minimum atomic E-state index is -0.293. The fourth-order valence-electron chi connectivity index (χ4n) is 3.82. The fraction of sp³-hybridized carbons (Fsp3) is 0.154. The summed E-state index contributed by atoms with van der Waals surface area (Å²) < 4.78 is 0. The van der Waals surface area contributed by atoms with Crippen LogP contribution in [0.3, 0.4) is 0 Å². The Balaban J connectivity index is 1.70. The summed E-state index contributed by atoms with van der Waals surface area (Å²) >= 11 is 0. The molecule has 4 rings (SSSR count). The molecule has 2 heteroatoms. The van der Waals surface area contributed by atoms with Crippen LogP contribution in [0.5, 0.6) is 0 Å². The first-order valence-corrected chi connectivity index (χ1v) is 9.54. The zero-order valence-corrected chi connectivity index (χ0v) is 15.6. The van der Waals surface area contributed by atoms with Gasteiger partial charge in [-0.1, -0.05) is 78.7 Å². The summed E-state index contributed by atoms with van der Waals surface area (Å²) in [6, 6.07) is 27.4. The summed E-state index contributed by atoms with van der Waals surface area (Å²) in [5.74, 6) is 2.40. The molecule has 0 saturated heterocycles. The SMILES string of the molecule is C#Cc1ccc(C(=O)[C@H](c2ccccc2)C2CCC(c3ccccc3)=N2)cc1. The molecule has 136 valence electrons. The smallest absolute Gasteiger partial charge is 0.172 e. The molecule has 0 amide bonds. The Morgan fingerprint density at radius 1 is 0.929 bits per heavy atom. The van der Waals surface area contributed by atoms with Crippen LogP contribution < -0.4 is 0 Å². The number of hydrogen-bond acceptors (Lipinski definition) is 2. The van der Waals surface area contributed by atoms with Gasteiger partial charge in [-0.3, -0.25) is 9.79 Å². The van der Waals surface area contributed by atoms with Crippen molar-refractivity contribution in [1.82, 2.24) is 0 Å². The van der Waals surface area contributed by atoms with E-state index in [1.807, 2.05) is 72.8 Å². The number of terminal acetylenes is 1. The first-order valence-electron chi connectivity index (χ1n) is 9.54. The summed E-state index contributed by atoms with van der Waals surface area (Å²) in [7, 11) is 0. The van der Waals surface area contributed by atoms with Crippen molar-refractivity contribution in [3.05, 3.63) is 107 Å². The molecule has 28 heavy (non-hydrogen) atoms. The normalized spacial score (nSPS) is 16.8. The number of rotatable bonds is 5. The summed E-state index contributed by atoms with van der Waals surface area (Å²) in [6.07, 6.45) is 7.21. The van der Waals surface area contributed by atoms with E-state index < -0.39 is 0 Å². The number of ketones is 1.